The third-order valence-corrected chi connectivity index (χ3v) is 2.96. The van der Waals surface area contributed by atoms with Gasteiger partial charge in [0.15, 0.2) is 0 Å². The molecule has 1 atom stereocenters. The Hall–Kier alpha value is -2.32. The van der Waals surface area contributed by atoms with Crippen LogP contribution >= 0.6 is 0 Å². The standard InChI is InChI=1S/C14H16F4N2O3/c1-13(2,3)10(20-12(22)23)7-4-5-8(15)9(6-7)19-11(21)14(16,17)18/h4-6,10,20H,1-3H3,(H,19,21)(H,22,23). The van der Waals surface area contributed by atoms with Gasteiger partial charge in [0.1, 0.15) is 5.82 Å². The van der Waals surface area contributed by atoms with Gasteiger partial charge in [0, 0.05) is 0 Å². The largest absolute Gasteiger partial charge is 0.471 e. The van der Waals surface area contributed by atoms with Crippen LogP contribution in [0.1, 0.15) is 32.4 Å². The van der Waals surface area contributed by atoms with Gasteiger partial charge >= 0.3 is 18.2 Å². The van der Waals surface area contributed by atoms with Crippen LogP contribution in [0, 0.1) is 11.2 Å². The molecular weight excluding hydrogens is 320 g/mol. The van der Waals surface area contributed by atoms with Crippen molar-refractivity contribution in [1.82, 2.24) is 5.32 Å². The Morgan fingerprint density at radius 3 is 2.17 bits per heavy atom. The molecule has 23 heavy (non-hydrogen) atoms. The zero-order valence-electron chi connectivity index (χ0n) is 12.6. The number of hydrogen-bond donors (Lipinski definition) is 3. The summed E-state index contributed by atoms with van der Waals surface area (Å²) in [6.45, 7) is 5.10. The van der Waals surface area contributed by atoms with Gasteiger partial charge in [0.2, 0.25) is 0 Å². The zero-order valence-corrected chi connectivity index (χ0v) is 12.6. The second-order valence-electron chi connectivity index (χ2n) is 5.94. The van der Waals surface area contributed by atoms with Crippen molar-refractivity contribution >= 4 is 17.7 Å². The third kappa shape index (κ3) is 5.11. The second-order valence-corrected chi connectivity index (χ2v) is 5.94. The summed E-state index contributed by atoms with van der Waals surface area (Å²) in [7, 11) is 0. The topological polar surface area (TPSA) is 78.4 Å². The minimum Gasteiger partial charge on any atom is -0.465 e. The predicted molar refractivity (Wildman–Crippen MR) is 74.4 cm³/mol. The summed E-state index contributed by atoms with van der Waals surface area (Å²) in [5.74, 6) is -3.37. The molecule has 0 heterocycles. The summed E-state index contributed by atoms with van der Waals surface area (Å²) in [5, 5.41) is 12.5. The molecule has 5 nitrogen and oxygen atoms in total. The summed E-state index contributed by atoms with van der Waals surface area (Å²) < 4.78 is 50.4. The maximum atomic E-state index is 13.6. The lowest BCUT2D eigenvalue weighted by Gasteiger charge is -2.31. The van der Waals surface area contributed by atoms with E-state index in [2.05, 4.69) is 5.32 Å². The number of anilines is 1. The molecule has 3 N–H and O–H groups in total. The monoisotopic (exact) mass is 336 g/mol. The van der Waals surface area contributed by atoms with Gasteiger partial charge in [-0.05, 0) is 23.1 Å². The molecule has 128 valence electrons. The van der Waals surface area contributed by atoms with Crippen molar-refractivity contribution in [3.05, 3.63) is 29.6 Å². The molecule has 2 amide bonds. The lowest BCUT2D eigenvalue weighted by molar-refractivity contribution is -0.167. The van der Waals surface area contributed by atoms with Gasteiger partial charge in [-0.25, -0.2) is 9.18 Å². The smallest absolute Gasteiger partial charge is 0.465 e. The van der Waals surface area contributed by atoms with E-state index in [1.54, 1.807) is 20.8 Å². The highest BCUT2D eigenvalue weighted by molar-refractivity contribution is 5.95. The fourth-order valence-electron chi connectivity index (χ4n) is 1.93. The van der Waals surface area contributed by atoms with Gasteiger partial charge in [0.05, 0.1) is 11.7 Å². The number of hydrogen-bond acceptors (Lipinski definition) is 2. The van der Waals surface area contributed by atoms with E-state index in [1.807, 2.05) is 0 Å². The highest BCUT2D eigenvalue weighted by atomic mass is 19.4. The first-order valence-corrected chi connectivity index (χ1v) is 6.49. The van der Waals surface area contributed by atoms with Gasteiger partial charge in [-0.3, -0.25) is 4.79 Å². The first-order chi connectivity index (χ1) is 10.3. The number of halogens is 4. The Balaban J connectivity index is 3.21. The highest BCUT2D eigenvalue weighted by Gasteiger charge is 2.39. The molecule has 0 aliphatic heterocycles. The van der Waals surface area contributed by atoms with Crippen molar-refractivity contribution in [3.8, 4) is 0 Å². The van der Waals surface area contributed by atoms with Crippen LogP contribution in [0.25, 0.3) is 0 Å². The number of rotatable bonds is 3. The fourth-order valence-corrected chi connectivity index (χ4v) is 1.93. The van der Waals surface area contributed by atoms with Gasteiger partial charge in [-0.2, -0.15) is 13.2 Å². The molecule has 0 bridgehead atoms. The second kappa shape index (κ2) is 6.43. The van der Waals surface area contributed by atoms with Crippen molar-refractivity contribution in [3.63, 3.8) is 0 Å². The van der Waals surface area contributed by atoms with Crippen molar-refractivity contribution < 1.29 is 32.3 Å². The van der Waals surface area contributed by atoms with Crippen LogP contribution in [-0.2, 0) is 4.79 Å². The van der Waals surface area contributed by atoms with Crippen molar-refractivity contribution in [2.45, 2.75) is 33.0 Å². The molecule has 0 spiro atoms. The molecule has 1 unspecified atom stereocenters. The molecule has 1 rings (SSSR count). The molecule has 1 aromatic rings. The molecule has 0 radical (unpaired) electrons. The summed E-state index contributed by atoms with van der Waals surface area (Å²) in [6.07, 6.45) is -6.50. The van der Waals surface area contributed by atoms with Crippen LogP contribution in [0.2, 0.25) is 0 Å². The number of carbonyl (C=O) groups is 2. The van der Waals surface area contributed by atoms with Gasteiger partial charge in [0.25, 0.3) is 0 Å². The van der Waals surface area contributed by atoms with Crippen LogP contribution in [0.5, 0.6) is 0 Å². The van der Waals surface area contributed by atoms with Gasteiger partial charge in [-0.1, -0.05) is 26.8 Å². The Kier molecular flexibility index (Phi) is 5.24. The van der Waals surface area contributed by atoms with E-state index in [9.17, 15) is 27.2 Å². The quantitative estimate of drug-likeness (QED) is 0.737. The fraction of sp³-hybridized carbons (Fsp3) is 0.429. The molecule has 0 saturated heterocycles. The summed E-state index contributed by atoms with van der Waals surface area (Å²) >= 11 is 0. The van der Waals surface area contributed by atoms with Gasteiger partial charge in [-0.15, -0.1) is 0 Å². The Morgan fingerprint density at radius 2 is 1.74 bits per heavy atom. The molecular formula is C14H16F4N2O3. The van der Waals surface area contributed by atoms with E-state index in [0.717, 1.165) is 12.1 Å². The molecule has 1 aromatic carbocycles. The predicted octanol–water partition coefficient (Wildman–Crippen LogP) is 3.68. The Labute approximate surface area is 129 Å². The van der Waals surface area contributed by atoms with E-state index in [1.165, 1.54) is 11.4 Å². The lowest BCUT2D eigenvalue weighted by atomic mass is 9.82. The molecule has 0 aliphatic rings. The van der Waals surface area contributed by atoms with Crippen LogP contribution in [0.3, 0.4) is 0 Å². The lowest BCUT2D eigenvalue weighted by Crippen LogP contribution is -2.36. The molecule has 0 saturated carbocycles. The summed E-state index contributed by atoms with van der Waals surface area (Å²) in [6, 6.07) is 2.26. The van der Waals surface area contributed by atoms with Crippen molar-refractivity contribution in [1.29, 1.82) is 0 Å². The third-order valence-electron chi connectivity index (χ3n) is 2.96. The number of alkyl halides is 3. The highest BCUT2D eigenvalue weighted by Crippen LogP contribution is 2.34. The minimum absolute atomic E-state index is 0.221. The van der Waals surface area contributed by atoms with Crippen molar-refractivity contribution in [2.24, 2.45) is 5.41 Å². The Morgan fingerprint density at radius 1 is 1.17 bits per heavy atom. The molecule has 0 aromatic heterocycles. The average molecular weight is 336 g/mol. The van der Waals surface area contributed by atoms with Crippen LogP contribution in [0.4, 0.5) is 28.0 Å². The SMILES string of the molecule is CC(C)(C)C(NC(=O)O)c1ccc(F)c(NC(=O)C(F)(F)F)c1. The van der Waals surface area contributed by atoms with Crippen molar-refractivity contribution in [2.75, 3.05) is 5.32 Å². The van der Waals surface area contributed by atoms with Crippen LogP contribution < -0.4 is 10.6 Å². The number of amides is 2. The maximum absolute atomic E-state index is 13.6. The van der Waals surface area contributed by atoms with E-state index >= 15 is 0 Å². The number of benzene rings is 1. The normalized spacial score (nSPS) is 13.3. The zero-order chi connectivity index (χ0) is 18.0. The van der Waals surface area contributed by atoms with E-state index in [-0.39, 0.29) is 5.56 Å². The summed E-state index contributed by atoms with van der Waals surface area (Å²) in [5.41, 5.74) is -1.09. The number of nitrogens with one attached hydrogen (secondary N) is 2. The first kappa shape index (κ1) is 18.7. The average Bonchev–Trinajstić information content (AvgIpc) is 2.36. The number of carboxylic acid groups (broad SMARTS) is 1. The van der Waals surface area contributed by atoms with E-state index in [0.29, 0.717) is 0 Å². The van der Waals surface area contributed by atoms with Crippen LogP contribution in [-0.4, -0.2) is 23.3 Å². The van der Waals surface area contributed by atoms with Crippen LogP contribution in [0.15, 0.2) is 18.2 Å². The maximum Gasteiger partial charge on any atom is 0.471 e. The minimum atomic E-state index is -5.16. The Bertz CT molecular complexity index is 609. The molecule has 0 fully saturated rings. The van der Waals surface area contributed by atoms with E-state index < -0.39 is 41.1 Å². The first-order valence-electron chi connectivity index (χ1n) is 6.49. The molecule has 0 aliphatic carbocycles. The molecule has 9 heteroatoms. The van der Waals surface area contributed by atoms with Gasteiger partial charge < -0.3 is 15.7 Å². The summed E-state index contributed by atoms with van der Waals surface area (Å²) in [4.78, 5) is 21.8. The van der Waals surface area contributed by atoms with E-state index in [4.69, 9.17) is 5.11 Å². The number of carbonyl (C=O) groups excluding carboxylic acids is 1.